The highest BCUT2D eigenvalue weighted by Crippen LogP contribution is 2.03. The first-order valence-corrected chi connectivity index (χ1v) is 5.73. The highest BCUT2D eigenvalue weighted by molar-refractivity contribution is 7.99. The highest BCUT2D eigenvalue weighted by Gasteiger charge is 2.07. The molecule has 0 aliphatic carbocycles. The van der Waals surface area contributed by atoms with Crippen LogP contribution < -0.4 is 5.32 Å². The molecule has 0 aromatic heterocycles. The third-order valence-corrected chi connectivity index (χ3v) is 2.54. The van der Waals surface area contributed by atoms with Crippen molar-refractivity contribution in [3.8, 4) is 0 Å². The summed E-state index contributed by atoms with van der Waals surface area (Å²) >= 11 is 1.65. The van der Waals surface area contributed by atoms with Gasteiger partial charge in [0.05, 0.1) is 12.7 Å². The second kappa shape index (κ2) is 6.65. The number of hydrogen-bond donors (Lipinski definition) is 3. The molecule has 1 atom stereocenters. The van der Waals surface area contributed by atoms with Gasteiger partial charge < -0.3 is 15.5 Å². The van der Waals surface area contributed by atoms with Gasteiger partial charge in [-0.3, -0.25) is 0 Å². The Morgan fingerprint density at radius 3 is 2.46 bits per heavy atom. The molecule has 0 rings (SSSR count). The molecule has 0 aliphatic heterocycles. The second-order valence-corrected chi connectivity index (χ2v) is 5.24. The lowest BCUT2D eigenvalue weighted by Gasteiger charge is -2.20. The minimum absolute atomic E-state index is 0.139. The lowest BCUT2D eigenvalue weighted by atomic mass is 10.1. The predicted molar refractivity (Wildman–Crippen MR) is 58.2 cm³/mol. The van der Waals surface area contributed by atoms with Crippen LogP contribution in [0.2, 0.25) is 0 Å². The van der Waals surface area contributed by atoms with Crippen LogP contribution in [0.25, 0.3) is 0 Å². The van der Waals surface area contributed by atoms with Crippen LogP contribution in [0, 0.1) is 0 Å². The zero-order valence-corrected chi connectivity index (χ0v) is 9.52. The van der Waals surface area contributed by atoms with Crippen molar-refractivity contribution in [2.24, 2.45) is 0 Å². The number of nitrogens with one attached hydrogen (secondary N) is 1. The lowest BCUT2D eigenvalue weighted by Crippen LogP contribution is -2.37. The van der Waals surface area contributed by atoms with E-state index >= 15 is 0 Å². The zero-order valence-electron chi connectivity index (χ0n) is 8.71. The van der Waals surface area contributed by atoms with E-state index in [1.54, 1.807) is 11.8 Å². The molecular weight excluding hydrogens is 186 g/mol. The summed E-state index contributed by atoms with van der Waals surface area (Å²) in [4.78, 5) is 0. The molecule has 0 spiro atoms. The summed E-state index contributed by atoms with van der Waals surface area (Å²) in [5.41, 5.74) is 0.163. The second-order valence-electron chi connectivity index (χ2n) is 4.09. The Morgan fingerprint density at radius 2 is 2.00 bits per heavy atom. The summed E-state index contributed by atoms with van der Waals surface area (Å²) in [6.07, 6.45) is -0.570. The summed E-state index contributed by atoms with van der Waals surface area (Å²) < 4.78 is 0. The molecular formula is C9H21NO2S. The van der Waals surface area contributed by atoms with E-state index in [0.29, 0.717) is 5.75 Å². The minimum atomic E-state index is -0.570. The number of rotatable bonds is 6. The van der Waals surface area contributed by atoms with Gasteiger partial charge in [0, 0.05) is 23.6 Å². The van der Waals surface area contributed by atoms with E-state index in [9.17, 15) is 0 Å². The van der Waals surface area contributed by atoms with Gasteiger partial charge in [-0.2, -0.15) is 11.8 Å². The fourth-order valence-corrected chi connectivity index (χ4v) is 1.56. The van der Waals surface area contributed by atoms with Crippen LogP contribution in [-0.2, 0) is 0 Å². The molecule has 0 saturated heterocycles. The summed E-state index contributed by atoms with van der Waals surface area (Å²) in [5, 5.41) is 20.9. The van der Waals surface area contributed by atoms with Crippen LogP contribution in [0.3, 0.4) is 0 Å². The average molecular weight is 207 g/mol. The van der Waals surface area contributed by atoms with Gasteiger partial charge in [-0.15, -0.1) is 0 Å². The normalized spacial score (nSPS) is 14.5. The molecule has 0 bridgehead atoms. The Morgan fingerprint density at radius 1 is 1.38 bits per heavy atom. The first kappa shape index (κ1) is 13.2. The van der Waals surface area contributed by atoms with Crippen LogP contribution in [-0.4, -0.2) is 46.5 Å². The van der Waals surface area contributed by atoms with Crippen molar-refractivity contribution >= 4 is 11.8 Å². The molecule has 3 N–H and O–H groups in total. The molecule has 13 heavy (non-hydrogen) atoms. The molecule has 4 heteroatoms. The Balaban J connectivity index is 3.18. The molecule has 0 fully saturated rings. The molecule has 0 radical (unpaired) electrons. The minimum Gasteiger partial charge on any atom is -0.394 e. The van der Waals surface area contributed by atoms with Crippen LogP contribution >= 0.6 is 11.8 Å². The van der Waals surface area contributed by atoms with Gasteiger partial charge >= 0.3 is 0 Å². The topological polar surface area (TPSA) is 52.5 Å². The standard InChI is InChI=1S/C9H21NO2S/c1-9(2,3)10-4-5-13-7-8(12)6-11/h8,10-12H,4-7H2,1-3H3. The third kappa shape index (κ3) is 10.1. The lowest BCUT2D eigenvalue weighted by molar-refractivity contribution is 0.113. The van der Waals surface area contributed by atoms with Crippen molar-refractivity contribution in [3.05, 3.63) is 0 Å². The van der Waals surface area contributed by atoms with E-state index in [1.165, 1.54) is 0 Å². The van der Waals surface area contributed by atoms with Gasteiger partial charge in [-0.05, 0) is 20.8 Å². The monoisotopic (exact) mass is 207 g/mol. The van der Waals surface area contributed by atoms with Gasteiger partial charge in [-0.1, -0.05) is 0 Å². The summed E-state index contributed by atoms with van der Waals surface area (Å²) in [5.74, 6) is 1.58. The molecule has 0 heterocycles. The summed E-state index contributed by atoms with van der Waals surface area (Å²) in [6.45, 7) is 7.17. The van der Waals surface area contributed by atoms with Crippen LogP contribution in [0.5, 0.6) is 0 Å². The molecule has 0 aromatic rings. The Kier molecular flexibility index (Phi) is 6.77. The van der Waals surface area contributed by atoms with Gasteiger partial charge in [0.15, 0.2) is 0 Å². The van der Waals surface area contributed by atoms with Crippen molar-refractivity contribution < 1.29 is 10.2 Å². The molecule has 80 valence electrons. The van der Waals surface area contributed by atoms with Gasteiger partial charge in [0.25, 0.3) is 0 Å². The van der Waals surface area contributed by atoms with E-state index in [2.05, 4.69) is 26.1 Å². The number of thioether (sulfide) groups is 1. The maximum atomic E-state index is 9.03. The molecule has 1 unspecified atom stereocenters. The van der Waals surface area contributed by atoms with Crippen LogP contribution in [0.1, 0.15) is 20.8 Å². The third-order valence-electron chi connectivity index (χ3n) is 1.42. The fraction of sp³-hybridized carbons (Fsp3) is 1.00. The van der Waals surface area contributed by atoms with Crippen LogP contribution in [0.15, 0.2) is 0 Å². The van der Waals surface area contributed by atoms with Crippen LogP contribution in [0.4, 0.5) is 0 Å². The van der Waals surface area contributed by atoms with Crippen molar-refractivity contribution in [2.45, 2.75) is 32.4 Å². The fourth-order valence-electron chi connectivity index (χ4n) is 0.770. The predicted octanol–water partition coefficient (Wildman–Crippen LogP) is 0.461. The smallest absolute Gasteiger partial charge is 0.0861 e. The summed E-state index contributed by atoms with van der Waals surface area (Å²) in [7, 11) is 0. The molecule has 3 nitrogen and oxygen atoms in total. The largest absolute Gasteiger partial charge is 0.394 e. The number of aliphatic hydroxyl groups is 2. The number of aliphatic hydroxyl groups excluding tert-OH is 2. The summed E-state index contributed by atoms with van der Waals surface area (Å²) in [6, 6.07) is 0. The van der Waals surface area contributed by atoms with Gasteiger partial charge in [0.1, 0.15) is 0 Å². The van der Waals surface area contributed by atoms with Crippen molar-refractivity contribution in [1.82, 2.24) is 5.32 Å². The number of hydrogen-bond acceptors (Lipinski definition) is 4. The molecule has 0 amide bonds. The Labute approximate surface area is 84.9 Å². The Hall–Kier alpha value is 0.230. The van der Waals surface area contributed by atoms with Gasteiger partial charge in [-0.25, -0.2) is 0 Å². The van der Waals surface area contributed by atoms with Gasteiger partial charge in [0.2, 0.25) is 0 Å². The van der Waals surface area contributed by atoms with E-state index in [1.807, 2.05) is 0 Å². The maximum Gasteiger partial charge on any atom is 0.0861 e. The van der Waals surface area contributed by atoms with E-state index < -0.39 is 6.10 Å². The molecule has 0 aromatic carbocycles. The quantitative estimate of drug-likeness (QED) is 0.554. The first-order chi connectivity index (χ1) is 5.95. The molecule has 0 saturated carbocycles. The van der Waals surface area contributed by atoms with Crippen molar-refractivity contribution in [2.75, 3.05) is 24.7 Å². The van der Waals surface area contributed by atoms with E-state index in [4.69, 9.17) is 10.2 Å². The van der Waals surface area contributed by atoms with E-state index in [0.717, 1.165) is 12.3 Å². The average Bonchev–Trinajstić information content (AvgIpc) is 2.01. The highest BCUT2D eigenvalue weighted by atomic mass is 32.2. The SMILES string of the molecule is CC(C)(C)NCCSCC(O)CO. The first-order valence-electron chi connectivity index (χ1n) is 4.57. The maximum absolute atomic E-state index is 9.03. The molecule has 0 aliphatic rings. The van der Waals surface area contributed by atoms with Crippen molar-refractivity contribution in [1.29, 1.82) is 0 Å². The van der Waals surface area contributed by atoms with E-state index in [-0.39, 0.29) is 12.1 Å². The Bertz CT molecular complexity index is 125. The van der Waals surface area contributed by atoms with Crippen molar-refractivity contribution in [3.63, 3.8) is 0 Å². The zero-order chi connectivity index (χ0) is 10.3.